The normalized spacial score (nSPS) is 13.2. The van der Waals surface area contributed by atoms with Gasteiger partial charge in [-0.1, -0.05) is 0 Å². The Kier molecular flexibility index (Phi) is 8.81. The van der Waals surface area contributed by atoms with Crippen LogP contribution in [-0.4, -0.2) is 16.0 Å². The number of alkyl halides is 3. The van der Waals surface area contributed by atoms with Gasteiger partial charge < -0.3 is 0 Å². The van der Waals surface area contributed by atoms with E-state index in [-0.39, 0.29) is 0 Å². The summed E-state index contributed by atoms with van der Waals surface area (Å²) in [6, 6.07) is 2.21. The van der Waals surface area contributed by atoms with Gasteiger partial charge in [0.25, 0.3) is 0 Å². The number of rotatable bonds is 4. The van der Waals surface area contributed by atoms with E-state index in [0.717, 1.165) is 19.1 Å². The maximum Gasteiger partial charge on any atom is 0.523 e. The first kappa shape index (κ1) is 37.1. The fourth-order valence-electron chi connectivity index (χ4n) is 6.42. The molecule has 0 aromatic heterocycles. The lowest BCUT2D eigenvalue weighted by Gasteiger charge is -2.19. The smallest absolute Gasteiger partial charge is 0.258 e. The van der Waals surface area contributed by atoms with Crippen molar-refractivity contribution >= 4 is 22.5 Å². The average molecular weight is 748 g/mol. The van der Waals surface area contributed by atoms with Crippen molar-refractivity contribution in [3.8, 4) is 34.4 Å². The number of allylic oxidation sites excluding steroid dienone is 3. The summed E-state index contributed by atoms with van der Waals surface area (Å²) in [5, 5.41) is 39.0. The van der Waals surface area contributed by atoms with Crippen LogP contribution in [0.25, 0.3) is 43.1 Å². The second-order valence-electron chi connectivity index (χ2n) is 10.9. The molecular weight excluding hydrogens is 741 g/mol. The van der Waals surface area contributed by atoms with E-state index in [1.165, 1.54) is 0 Å². The van der Waals surface area contributed by atoms with E-state index in [1.807, 2.05) is 0 Å². The van der Waals surface area contributed by atoms with Crippen LogP contribution >= 0.6 is 0 Å². The van der Waals surface area contributed by atoms with E-state index < -0.39 is 164 Å². The number of benzene rings is 3. The summed E-state index contributed by atoms with van der Waals surface area (Å²) >= 11 is 0. The lowest BCUT2D eigenvalue weighted by atomic mass is 9.85. The summed E-state index contributed by atoms with van der Waals surface area (Å²) < 4.78 is 169. The van der Waals surface area contributed by atoms with Crippen LogP contribution < -0.4 is 10.4 Å². The van der Waals surface area contributed by atoms with Gasteiger partial charge in [-0.3, -0.25) is 20.2 Å². The van der Waals surface area contributed by atoms with Gasteiger partial charge in [-0.05, 0) is 51.6 Å². The first-order valence-electron chi connectivity index (χ1n) is 13.8. The SMILES string of the molecule is [C-]#[N+]C([N+]#[C-])=C1Cc2c(-c3c(F)c(F)c([N+](=O)[O-])c(F)c3F)c3c(c(-c4c(F)c(F)c([N+](=O)[O-])c(F)c4F)c2=C1C)CC(=C(C#N)C#N)C=3C(F)(F)F. The number of hydrogen-bond donors (Lipinski definition) is 0. The quantitative estimate of drug-likeness (QED) is 0.0683. The Bertz CT molecular complexity index is 2620. The van der Waals surface area contributed by atoms with Gasteiger partial charge in [0.15, 0.2) is 23.3 Å². The van der Waals surface area contributed by atoms with Crippen LogP contribution in [0.2, 0.25) is 0 Å². The van der Waals surface area contributed by atoms with Gasteiger partial charge in [0, 0.05) is 12.0 Å². The molecule has 0 aliphatic heterocycles. The largest absolute Gasteiger partial charge is 0.523 e. The molecule has 3 aromatic carbocycles. The van der Waals surface area contributed by atoms with Gasteiger partial charge in [-0.15, -0.1) is 0 Å². The van der Waals surface area contributed by atoms with E-state index in [2.05, 4.69) is 9.69 Å². The zero-order valence-electron chi connectivity index (χ0n) is 25.4. The van der Waals surface area contributed by atoms with Crippen LogP contribution in [0.15, 0.2) is 22.5 Å². The molecule has 2 aliphatic rings. The first-order chi connectivity index (χ1) is 24.7. The average Bonchev–Trinajstić information content (AvgIpc) is 3.63. The molecule has 3 aromatic rings. The van der Waals surface area contributed by atoms with Crippen molar-refractivity contribution in [2.24, 2.45) is 0 Å². The topological polar surface area (TPSA) is 143 Å². The minimum atomic E-state index is -5.87. The Morgan fingerprint density at radius 3 is 1.36 bits per heavy atom. The van der Waals surface area contributed by atoms with Gasteiger partial charge in [0.05, 0.1) is 32.1 Å². The van der Waals surface area contributed by atoms with Crippen molar-refractivity contribution in [2.75, 3.05) is 0 Å². The zero-order valence-corrected chi connectivity index (χ0v) is 25.4. The third-order valence-corrected chi connectivity index (χ3v) is 8.43. The molecule has 53 heavy (non-hydrogen) atoms. The van der Waals surface area contributed by atoms with Gasteiger partial charge >= 0.3 is 23.4 Å². The molecule has 0 bridgehead atoms. The van der Waals surface area contributed by atoms with Gasteiger partial charge in [-0.2, -0.15) is 50.9 Å². The predicted octanol–water partition coefficient (Wildman–Crippen LogP) is 7.34. The van der Waals surface area contributed by atoms with Crippen LogP contribution in [0.5, 0.6) is 0 Å². The monoisotopic (exact) mass is 748 g/mol. The minimum Gasteiger partial charge on any atom is -0.258 e. The number of halogens is 11. The van der Waals surface area contributed by atoms with E-state index in [1.54, 1.807) is 0 Å². The maximum atomic E-state index is 15.9. The Morgan fingerprint density at radius 1 is 0.660 bits per heavy atom. The van der Waals surface area contributed by atoms with Crippen molar-refractivity contribution in [1.82, 2.24) is 0 Å². The summed E-state index contributed by atoms with van der Waals surface area (Å²) in [7, 11) is 0. The number of nitro benzene ring substituents is 2. The fraction of sp³-hybridized carbons (Fsp3) is 0.125. The van der Waals surface area contributed by atoms with Crippen molar-refractivity contribution in [3.63, 3.8) is 0 Å². The molecule has 0 saturated heterocycles. The Morgan fingerprint density at radius 2 is 1.02 bits per heavy atom. The molecule has 0 unspecified atom stereocenters. The summed E-state index contributed by atoms with van der Waals surface area (Å²) in [4.78, 5) is 24.6. The van der Waals surface area contributed by atoms with Crippen LogP contribution in [0.1, 0.15) is 18.1 Å². The molecular formula is C32H7F11N6O4. The van der Waals surface area contributed by atoms with Crippen LogP contribution in [0, 0.1) is 103 Å². The highest BCUT2D eigenvalue weighted by molar-refractivity contribution is 5.93. The Balaban J connectivity index is 2.32. The molecule has 0 amide bonds. The molecule has 2 aliphatic carbocycles. The summed E-state index contributed by atoms with van der Waals surface area (Å²) in [5.41, 5.74) is -20.4. The number of fused-ring (bicyclic) bond motifs is 2. The summed E-state index contributed by atoms with van der Waals surface area (Å²) in [5.74, 6) is -22.5. The van der Waals surface area contributed by atoms with Crippen LogP contribution in [0.4, 0.5) is 59.7 Å². The van der Waals surface area contributed by atoms with E-state index >= 15 is 48.3 Å². The zero-order chi connectivity index (χ0) is 39.8. The van der Waals surface area contributed by atoms with Gasteiger partial charge in [0.1, 0.15) is 30.9 Å². The van der Waals surface area contributed by atoms with Crippen molar-refractivity contribution < 1.29 is 58.1 Å². The predicted molar refractivity (Wildman–Crippen MR) is 154 cm³/mol. The molecule has 5 rings (SSSR count). The summed E-state index contributed by atoms with van der Waals surface area (Å²) in [6.45, 7) is 15.6. The molecule has 0 heterocycles. The second kappa shape index (κ2) is 12.6. The highest BCUT2D eigenvalue weighted by Gasteiger charge is 2.47. The van der Waals surface area contributed by atoms with E-state index in [0.29, 0.717) is 0 Å². The minimum absolute atomic E-state index is 0.561. The molecule has 0 spiro atoms. The standard InChI is InChI=1S/C32H7F11N6O4/c1-8-10(31(46-2)47-3)4-12-14(8)15(18-21(33)25(37)29(48(50)51)26(38)22(18)34)13-5-11(9(6-44)7-45)20(32(41,42)43)17(13)16(12)19-23(35)27(39)30(49(52)53)28(40)24(19)36/h4-5H2,1H3. The van der Waals surface area contributed by atoms with Crippen LogP contribution in [0.3, 0.4) is 0 Å². The molecule has 10 nitrogen and oxygen atoms in total. The fourth-order valence-corrected chi connectivity index (χ4v) is 6.42. The number of nitriles is 2. The Labute approximate surface area is 285 Å². The molecule has 0 atom stereocenters. The Hall–Kier alpha value is -7.13. The molecule has 21 heteroatoms. The van der Waals surface area contributed by atoms with Crippen molar-refractivity contribution in [2.45, 2.75) is 25.9 Å². The van der Waals surface area contributed by atoms with Gasteiger partial charge in [0.2, 0.25) is 23.3 Å². The molecule has 0 radical (unpaired) electrons. The first-order valence-corrected chi connectivity index (χ1v) is 13.8. The molecule has 0 saturated carbocycles. The molecule has 266 valence electrons. The summed E-state index contributed by atoms with van der Waals surface area (Å²) in [6.07, 6.45) is -8.53. The lowest BCUT2D eigenvalue weighted by Crippen LogP contribution is -2.29. The van der Waals surface area contributed by atoms with Crippen LogP contribution in [-0.2, 0) is 12.8 Å². The number of hydrogen-bond acceptors (Lipinski definition) is 6. The second-order valence-corrected chi connectivity index (χ2v) is 10.9. The third-order valence-electron chi connectivity index (χ3n) is 8.43. The molecule has 0 N–H and O–H groups in total. The van der Waals surface area contributed by atoms with Crippen molar-refractivity contribution in [1.29, 1.82) is 10.5 Å². The van der Waals surface area contributed by atoms with Crippen molar-refractivity contribution in [3.05, 3.63) is 134 Å². The van der Waals surface area contributed by atoms with E-state index in [4.69, 9.17) is 13.1 Å². The third kappa shape index (κ3) is 5.12. The highest BCUT2D eigenvalue weighted by atomic mass is 19.4. The molecule has 0 fully saturated rings. The number of nitro groups is 2. The lowest BCUT2D eigenvalue weighted by molar-refractivity contribution is -0.390. The van der Waals surface area contributed by atoms with E-state index in [9.17, 15) is 30.8 Å². The van der Waals surface area contributed by atoms with Gasteiger partial charge in [-0.25, -0.2) is 17.6 Å². The number of nitrogens with zero attached hydrogens (tertiary/aromatic N) is 6. The maximum absolute atomic E-state index is 15.9. The highest BCUT2D eigenvalue weighted by Crippen LogP contribution is 2.47.